The van der Waals surface area contributed by atoms with Gasteiger partial charge in [-0.05, 0) is 37.1 Å². The van der Waals surface area contributed by atoms with Crippen LogP contribution >= 0.6 is 0 Å². The zero-order chi connectivity index (χ0) is 10.0. The van der Waals surface area contributed by atoms with Gasteiger partial charge in [-0.25, -0.2) is 8.78 Å². The predicted octanol–water partition coefficient (Wildman–Crippen LogP) is 2.34. The molecule has 0 saturated carbocycles. The SMILES string of the molecule is Cc1c(F)cc(C(C)CN)cc1F. The maximum absolute atomic E-state index is 13.1. The molecule has 1 aromatic rings. The van der Waals surface area contributed by atoms with Gasteiger partial charge < -0.3 is 5.73 Å². The van der Waals surface area contributed by atoms with Crippen LogP contribution in [0.15, 0.2) is 12.1 Å². The predicted molar refractivity (Wildman–Crippen MR) is 48.6 cm³/mol. The van der Waals surface area contributed by atoms with Crippen LogP contribution in [0.25, 0.3) is 0 Å². The minimum Gasteiger partial charge on any atom is -0.330 e. The van der Waals surface area contributed by atoms with Gasteiger partial charge in [-0.3, -0.25) is 0 Å². The van der Waals surface area contributed by atoms with E-state index >= 15 is 0 Å². The standard InChI is InChI=1S/C10H13F2N/c1-6(5-13)8-3-9(11)7(2)10(12)4-8/h3-4,6H,5,13H2,1-2H3. The molecule has 0 bridgehead atoms. The Morgan fingerprint density at radius 2 is 1.77 bits per heavy atom. The summed E-state index contributed by atoms with van der Waals surface area (Å²) in [6.07, 6.45) is 0. The molecule has 0 aliphatic heterocycles. The van der Waals surface area contributed by atoms with Gasteiger partial charge in [0, 0.05) is 5.56 Å². The second-order valence-electron chi connectivity index (χ2n) is 3.25. The van der Waals surface area contributed by atoms with Crippen LogP contribution in [0.3, 0.4) is 0 Å². The van der Waals surface area contributed by atoms with Gasteiger partial charge in [0.1, 0.15) is 11.6 Å². The van der Waals surface area contributed by atoms with Crippen molar-refractivity contribution in [3.05, 3.63) is 34.9 Å². The molecule has 0 aliphatic rings. The van der Waals surface area contributed by atoms with Crippen LogP contribution in [-0.2, 0) is 0 Å². The van der Waals surface area contributed by atoms with Gasteiger partial charge in [-0.2, -0.15) is 0 Å². The number of hydrogen-bond donors (Lipinski definition) is 1. The van der Waals surface area contributed by atoms with Crippen molar-refractivity contribution in [2.75, 3.05) is 6.54 Å². The second-order valence-corrected chi connectivity index (χ2v) is 3.25. The molecular formula is C10H13F2N. The summed E-state index contributed by atoms with van der Waals surface area (Å²) in [4.78, 5) is 0. The number of nitrogens with two attached hydrogens (primary N) is 1. The molecule has 0 aromatic heterocycles. The van der Waals surface area contributed by atoms with Crippen LogP contribution in [0.4, 0.5) is 8.78 Å². The Labute approximate surface area is 76.6 Å². The molecule has 1 aromatic carbocycles. The van der Waals surface area contributed by atoms with E-state index in [-0.39, 0.29) is 11.5 Å². The highest BCUT2D eigenvalue weighted by Crippen LogP contribution is 2.20. The summed E-state index contributed by atoms with van der Waals surface area (Å²) in [5, 5.41) is 0. The Hall–Kier alpha value is -0.960. The third-order valence-corrected chi connectivity index (χ3v) is 2.23. The summed E-state index contributed by atoms with van der Waals surface area (Å²) in [6.45, 7) is 3.65. The van der Waals surface area contributed by atoms with Gasteiger partial charge in [-0.1, -0.05) is 6.92 Å². The molecule has 0 amide bonds. The van der Waals surface area contributed by atoms with Crippen molar-refractivity contribution < 1.29 is 8.78 Å². The Morgan fingerprint density at radius 1 is 1.31 bits per heavy atom. The van der Waals surface area contributed by atoms with E-state index in [1.807, 2.05) is 6.92 Å². The Kier molecular flexibility index (Phi) is 2.98. The molecule has 0 saturated heterocycles. The number of halogens is 2. The number of rotatable bonds is 2. The lowest BCUT2D eigenvalue weighted by Gasteiger charge is -2.10. The molecule has 72 valence electrons. The van der Waals surface area contributed by atoms with E-state index in [9.17, 15) is 8.78 Å². The van der Waals surface area contributed by atoms with Crippen molar-refractivity contribution in [2.24, 2.45) is 5.73 Å². The quantitative estimate of drug-likeness (QED) is 0.751. The maximum atomic E-state index is 13.1. The van der Waals surface area contributed by atoms with Gasteiger partial charge in [0.2, 0.25) is 0 Å². The Morgan fingerprint density at radius 3 is 2.15 bits per heavy atom. The highest BCUT2D eigenvalue weighted by atomic mass is 19.1. The third-order valence-electron chi connectivity index (χ3n) is 2.23. The summed E-state index contributed by atoms with van der Waals surface area (Å²) in [6, 6.07) is 2.69. The minimum atomic E-state index is -0.504. The largest absolute Gasteiger partial charge is 0.330 e. The molecule has 1 rings (SSSR count). The van der Waals surface area contributed by atoms with Crippen LogP contribution in [0.1, 0.15) is 24.0 Å². The number of benzene rings is 1. The molecule has 3 heteroatoms. The molecule has 0 radical (unpaired) electrons. The lowest BCUT2D eigenvalue weighted by atomic mass is 9.99. The highest BCUT2D eigenvalue weighted by molar-refractivity contribution is 5.27. The van der Waals surface area contributed by atoms with Gasteiger partial charge >= 0.3 is 0 Å². The zero-order valence-electron chi connectivity index (χ0n) is 7.77. The van der Waals surface area contributed by atoms with Gasteiger partial charge in [0.25, 0.3) is 0 Å². The van der Waals surface area contributed by atoms with Gasteiger partial charge in [0.15, 0.2) is 0 Å². The molecule has 1 nitrogen and oxygen atoms in total. The van der Waals surface area contributed by atoms with Crippen LogP contribution in [0, 0.1) is 18.6 Å². The van der Waals surface area contributed by atoms with E-state index in [2.05, 4.69) is 0 Å². The number of hydrogen-bond acceptors (Lipinski definition) is 1. The van der Waals surface area contributed by atoms with E-state index < -0.39 is 11.6 Å². The van der Waals surface area contributed by atoms with Crippen LogP contribution in [0.2, 0.25) is 0 Å². The van der Waals surface area contributed by atoms with E-state index in [0.717, 1.165) is 0 Å². The lowest BCUT2D eigenvalue weighted by molar-refractivity contribution is 0.561. The van der Waals surface area contributed by atoms with Gasteiger partial charge in [0.05, 0.1) is 0 Å². The molecule has 1 unspecified atom stereocenters. The monoisotopic (exact) mass is 185 g/mol. The molecular weight excluding hydrogens is 172 g/mol. The van der Waals surface area contributed by atoms with E-state index in [0.29, 0.717) is 12.1 Å². The maximum Gasteiger partial charge on any atom is 0.129 e. The van der Waals surface area contributed by atoms with Crippen LogP contribution in [0.5, 0.6) is 0 Å². The highest BCUT2D eigenvalue weighted by Gasteiger charge is 2.10. The fourth-order valence-electron chi connectivity index (χ4n) is 1.09. The molecule has 2 N–H and O–H groups in total. The van der Waals surface area contributed by atoms with Crippen molar-refractivity contribution in [3.63, 3.8) is 0 Å². The first-order chi connectivity index (χ1) is 6.06. The average molecular weight is 185 g/mol. The molecule has 13 heavy (non-hydrogen) atoms. The molecule has 1 atom stereocenters. The van der Waals surface area contributed by atoms with Crippen LogP contribution in [-0.4, -0.2) is 6.54 Å². The van der Waals surface area contributed by atoms with Crippen molar-refractivity contribution in [1.29, 1.82) is 0 Å². The zero-order valence-corrected chi connectivity index (χ0v) is 7.77. The summed E-state index contributed by atoms with van der Waals surface area (Å²) in [7, 11) is 0. The first-order valence-electron chi connectivity index (χ1n) is 4.22. The summed E-state index contributed by atoms with van der Waals surface area (Å²) in [5.74, 6) is -1.02. The van der Waals surface area contributed by atoms with Crippen molar-refractivity contribution in [2.45, 2.75) is 19.8 Å². The molecule has 0 spiro atoms. The fraction of sp³-hybridized carbons (Fsp3) is 0.400. The van der Waals surface area contributed by atoms with Crippen LogP contribution < -0.4 is 5.73 Å². The van der Waals surface area contributed by atoms with Crippen molar-refractivity contribution in [1.82, 2.24) is 0 Å². The topological polar surface area (TPSA) is 26.0 Å². The third kappa shape index (κ3) is 2.04. The second kappa shape index (κ2) is 3.83. The first-order valence-corrected chi connectivity index (χ1v) is 4.22. The minimum absolute atomic E-state index is 0.00963. The lowest BCUT2D eigenvalue weighted by Crippen LogP contribution is -2.09. The molecule has 0 aliphatic carbocycles. The summed E-state index contributed by atoms with van der Waals surface area (Å²) in [5.41, 5.74) is 6.07. The van der Waals surface area contributed by atoms with Crippen molar-refractivity contribution >= 4 is 0 Å². The van der Waals surface area contributed by atoms with Gasteiger partial charge in [-0.15, -0.1) is 0 Å². The summed E-state index contributed by atoms with van der Waals surface area (Å²) < 4.78 is 26.1. The first kappa shape index (κ1) is 10.1. The van der Waals surface area contributed by atoms with E-state index in [1.165, 1.54) is 19.1 Å². The fourth-order valence-corrected chi connectivity index (χ4v) is 1.09. The molecule has 0 heterocycles. The normalized spacial score (nSPS) is 13.0. The average Bonchev–Trinajstić information content (AvgIpc) is 2.12. The smallest absolute Gasteiger partial charge is 0.129 e. The van der Waals surface area contributed by atoms with E-state index in [1.54, 1.807) is 0 Å². The Balaban J connectivity index is 3.13. The van der Waals surface area contributed by atoms with E-state index in [4.69, 9.17) is 5.73 Å². The Bertz CT molecular complexity index is 287. The summed E-state index contributed by atoms with van der Waals surface area (Å²) >= 11 is 0. The van der Waals surface area contributed by atoms with Crippen molar-refractivity contribution in [3.8, 4) is 0 Å². The molecule has 0 fully saturated rings.